The quantitative estimate of drug-likeness (QED) is 0.819. The first-order valence-electron chi connectivity index (χ1n) is 6.17. The first kappa shape index (κ1) is 15.4. The van der Waals surface area contributed by atoms with Gasteiger partial charge >= 0.3 is 5.97 Å². The van der Waals surface area contributed by atoms with Gasteiger partial charge in [-0.2, -0.15) is 0 Å². The number of methoxy groups -OCH3 is 1. The summed E-state index contributed by atoms with van der Waals surface area (Å²) in [5.74, 6) is -0.108. The molecule has 112 valence electrons. The van der Waals surface area contributed by atoms with E-state index in [0.29, 0.717) is 11.3 Å². The van der Waals surface area contributed by atoms with Gasteiger partial charge in [0.25, 0.3) is 0 Å². The molecule has 0 unspecified atom stereocenters. The molecule has 0 radical (unpaired) electrons. The molecule has 0 spiro atoms. The molecule has 0 atom stereocenters. The summed E-state index contributed by atoms with van der Waals surface area (Å²) in [6, 6.07) is 3.59. The van der Waals surface area contributed by atoms with Crippen molar-refractivity contribution < 1.29 is 19.1 Å². The summed E-state index contributed by atoms with van der Waals surface area (Å²) in [4.78, 5) is 16.2. The van der Waals surface area contributed by atoms with Gasteiger partial charge in [-0.15, -0.1) is 11.8 Å². The highest BCUT2D eigenvalue weighted by Gasteiger charge is 2.22. The van der Waals surface area contributed by atoms with Gasteiger partial charge in [-0.1, -0.05) is 0 Å². The zero-order valence-electron chi connectivity index (χ0n) is 12.0. The predicted octanol–water partition coefficient (Wildman–Crippen LogP) is 2.54. The van der Waals surface area contributed by atoms with E-state index in [1.165, 1.54) is 0 Å². The lowest BCUT2D eigenvalue weighted by Crippen LogP contribution is -2.01. The predicted molar refractivity (Wildman–Crippen MR) is 79.9 cm³/mol. The molecule has 7 heteroatoms. The summed E-state index contributed by atoms with van der Waals surface area (Å²) in [5, 5.41) is 9.23. The van der Waals surface area contributed by atoms with Crippen molar-refractivity contribution in [2.24, 2.45) is 5.73 Å². The number of aromatic carboxylic acids is 1. The molecular formula is C14H16N2O4S. The number of rotatable bonds is 5. The topological polar surface area (TPSA) is 98.6 Å². The second kappa shape index (κ2) is 6.19. The van der Waals surface area contributed by atoms with Crippen molar-refractivity contribution in [3.63, 3.8) is 0 Å². The molecule has 21 heavy (non-hydrogen) atoms. The minimum Gasteiger partial charge on any atom is -0.496 e. The van der Waals surface area contributed by atoms with E-state index >= 15 is 0 Å². The van der Waals surface area contributed by atoms with Crippen molar-refractivity contribution in [1.82, 2.24) is 4.98 Å². The molecule has 0 bridgehead atoms. The molecule has 3 N–H and O–H groups in total. The van der Waals surface area contributed by atoms with Crippen LogP contribution in [0.3, 0.4) is 0 Å². The Kier molecular flexibility index (Phi) is 4.54. The lowest BCUT2D eigenvalue weighted by Gasteiger charge is -2.11. The van der Waals surface area contributed by atoms with Gasteiger partial charge < -0.3 is 20.0 Å². The second-order valence-electron chi connectivity index (χ2n) is 4.32. The fraction of sp³-hybridized carbons (Fsp3) is 0.286. The molecule has 0 saturated carbocycles. The van der Waals surface area contributed by atoms with Crippen LogP contribution in [0.5, 0.6) is 5.75 Å². The highest BCUT2D eigenvalue weighted by molar-refractivity contribution is 7.98. The molecule has 0 saturated heterocycles. The summed E-state index contributed by atoms with van der Waals surface area (Å²) in [5.41, 5.74) is 6.89. The number of nitrogens with two attached hydrogens (primary N) is 1. The summed E-state index contributed by atoms with van der Waals surface area (Å²) >= 11 is 1.56. The molecule has 0 aliphatic rings. The van der Waals surface area contributed by atoms with E-state index in [1.807, 2.05) is 19.2 Å². The zero-order chi connectivity index (χ0) is 15.6. The number of aromatic nitrogens is 1. The lowest BCUT2D eigenvalue weighted by atomic mass is 10.1. The number of benzene rings is 1. The number of nitrogens with zero attached hydrogens (tertiary/aromatic N) is 1. The van der Waals surface area contributed by atoms with Crippen molar-refractivity contribution in [2.75, 3.05) is 13.4 Å². The van der Waals surface area contributed by atoms with Gasteiger partial charge in [-0.05, 0) is 30.9 Å². The van der Waals surface area contributed by atoms with Crippen LogP contribution < -0.4 is 10.5 Å². The van der Waals surface area contributed by atoms with E-state index in [0.717, 1.165) is 10.5 Å². The monoisotopic (exact) mass is 308 g/mol. The number of hydrogen-bond donors (Lipinski definition) is 2. The van der Waals surface area contributed by atoms with Gasteiger partial charge in [-0.25, -0.2) is 9.78 Å². The van der Waals surface area contributed by atoms with E-state index in [-0.39, 0.29) is 23.9 Å². The molecule has 0 aliphatic carbocycles. The van der Waals surface area contributed by atoms with Crippen molar-refractivity contribution in [1.29, 1.82) is 0 Å². The summed E-state index contributed by atoms with van der Waals surface area (Å²) < 4.78 is 10.8. The number of carboxylic acid groups (broad SMARTS) is 1. The third-order valence-electron chi connectivity index (χ3n) is 2.98. The van der Waals surface area contributed by atoms with E-state index in [9.17, 15) is 9.90 Å². The molecule has 0 fully saturated rings. The van der Waals surface area contributed by atoms with Gasteiger partial charge in [0.1, 0.15) is 5.75 Å². The molecular weight excluding hydrogens is 292 g/mol. The van der Waals surface area contributed by atoms with Crippen LogP contribution in [-0.4, -0.2) is 29.4 Å². The Morgan fingerprint density at radius 2 is 2.24 bits per heavy atom. The van der Waals surface area contributed by atoms with Crippen LogP contribution in [0.1, 0.15) is 21.9 Å². The molecule has 6 nitrogen and oxygen atoms in total. The van der Waals surface area contributed by atoms with Crippen LogP contribution in [0, 0.1) is 6.92 Å². The van der Waals surface area contributed by atoms with Crippen LogP contribution in [0.25, 0.3) is 11.3 Å². The maximum absolute atomic E-state index is 11.3. The smallest absolute Gasteiger partial charge is 0.358 e. The molecule has 1 heterocycles. The zero-order valence-corrected chi connectivity index (χ0v) is 12.8. The van der Waals surface area contributed by atoms with E-state index in [1.54, 1.807) is 24.9 Å². The Morgan fingerprint density at radius 3 is 2.76 bits per heavy atom. The molecule has 2 aromatic rings. The second-order valence-corrected chi connectivity index (χ2v) is 5.14. The van der Waals surface area contributed by atoms with E-state index < -0.39 is 5.97 Å². The average molecular weight is 308 g/mol. The SMILES string of the molecule is COc1cc(-c2oc(CN)nc2C(=O)O)cc(C)c1SC. The van der Waals surface area contributed by atoms with Crippen LogP contribution in [0.2, 0.25) is 0 Å². The number of thioether (sulfide) groups is 1. The average Bonchev–Trinajstić information content (AvgIpc) is 2.90. The van der Waals surface area contributed by atoms with Gasteiger partial charge in [0, 0.05) is 5.56 Å². The minimum atomic E-state index is -1.15. The highest BCUT2D eigenvalue weighted by atomic mass is 32.2. The highest BCUT2D eigenvalue weighted by Crippen LogP contribution is 2.37. The third-order valence-corrected chi connectivity index (χ3v) is 3.91. The standard InChI is InChI=1S/C14H16N2O4S/c1-7-4-8(5-9(19-2)13(7)21-3)12-11(14(17)18)16-10(6-15)20-12/h4-5H,6,15H2,1-3H3,(H,17,18). The fourth-order valence-electron chi connectivity index (χ4n) is 2.08. The summed E-state index contributed by atoms with van der Waals surface area (Å²) in [6.45, 7) is 1.97. The van der Waals surface area contributed by atoms with Gasteiger partial charge in [-0.3, -0.25) is 0 Å². The number of oxazole rings is 1. The van der Waals surface area contributed by atoms with Crippen LogP contribution in [0.15, 0.2) is 21.4 Å². The normalized spacial score (nSPS) is 10.7. The Labute approximate surface area is 126 Å². The molecule has 1 aromatic carbocycles. The van der Waals surface area contributed by atoms with Crippen LogP contribution in [-0.2, 0) is 6.54 Å². The first-order chi connectivity index (χ1) is 10.0. The number of carbonyl (C=O) groups is 1. The minimum absolute atomic E-state index is 0.0410. The lowest BCUT2D eigenvalue weighted by molar-refractivity contribution is 0.0691. The van der Waals surface area contributed by atoms with Gasteiger partial charge in [0.15, 0.2) is 11.5 Å². The Hall–Kier alpha value is -1.99. The number of aryl methyl sites for hydroxylation is 1. The molecule has 0 amide bonds. The van der Waals surface area contributed by atoms with Crippen molar-refractivity contribution in [2.45, 2.75) is 18.4 Å². The number of ether oxygens (including phenoxy) is 1. The summed E-state index contributed by atoms with van der Waals surface area (Å²) in [6.07, 6.45) is 1.95. The maximum atomic E-state index is 11.3. The Balaban J connectivity index is 2.64. The third kappa shape index (κ3) is 2.88. The molecule has 0 aliphatic heterocycles. The van der Waals surface area contributed by atoms with Crippen LogP contribution in [0.4, 0.5) is 0 Å². The largest absolute Gasteiger partial charge is 0.496 e. The van der Waals surface area contributed by atoms with Gasteiger partial charge in [0.2, 0.25) is 5.89 Å². The van der Waals surface area contributed by atoms with Crippen LogP contribution >= 0.6 is 11.8 Å². The van der Waals surface area contributed by atoms with Gasteiger partial charge in [0.05, 0.1) is 18.6 Å². The van der Waals surface area contributed by atoms with Crippen molar-refractivity contribution in [3.05, 3.63) is 29.3 Å². The summed E-state index contributed by atoms with van der Waals surface area (Å²) in [7, 11) is 1.57. The number of hydrogen-bond acceptors (Lipinski definition) is 6. The fourth-order valence-corrected chi connectivity index (χ4v) is 2.80. The van der Waals surface area contributed by atoms with E-state index in [4.69, 9.17) is 14.9 Å². The Morgan fingerprint density at radius 1 is 1.52 bits per heavy atom. The molecule has 2 rings (SSSR count). The van der Waals surface area contributed by atoms with Crippen molar-refractivity contribution in [3.8, 4) is 17.1 Å². The van der Waals surface area contributed by atoms with E-state index in [2.05, 4.69) is 4.98 Å². The Bertz CT molecular complexity index is 682. The van der Waals surface area contributed by atoms with Crippen molar-refractivity contribution >= 4 is 17.7 Å². The molecule has 1 aromatic heterocycles. The number of carboxylic acids is 1. The first-order valence-corrected chi connectivity index (χ1v) is 7.40. The maximum Gasteiger partial charge on any atom is 0.358 e.